The van der Waals surface area contributed by atoms with Crippen molar-refractivity contribution in [3.8, 4) is 0 Å². The minimum Gasteiger partial charge on any atom is -0.0705 e. The van der Waals surface area contributed by atoms with Crippen molar-refractivity contribution in [3.05, 3.63) is 157 Å². The number of fused-ring (bicyclic) bond motifs is 2. The van der Waals surface area contributed by atoms with Gasteiger partial charge in [-0.3, -0.25) is 0 Å². The lowest BCUT2D eigenvalue weighted by Gasteiger charge is -2.24. The van der Waals surface area contributed by atoms with E-state index in [2.05, 4.69) is 146 Å². The number of benzene rings is 6. The van der Waals surface area contributed by atoms with Crippen molar-refractivity contribution in [2.24, 2.45) is 0 Å². The average Bonchev–Trinajstić information content (AvgIpc) is 2.99. The lowest BCUT2D eigenvalue weighted by atomic mass is 10.1. The fourth-order valence-electron chi connectivity index (χ4n) is 5.23. The third kappa shape index (κ3) is 6.05. The van der Waals surface area contributed by atoms with E-state index in [4.69, 9.17) is 0 Å². The van der Waals surface area contributed by atoms with Crippen molar-refractivity contribution < 1.29 is 0 Å². The predicted octanol–water partition coefficient (Wildman–Crippen LogP) is 9.31. The summed E-state index contributed by atoms with van der Waals surface area (Å²) in [5.41, 5.74) is 2.91. The number of hydrogen-bond donors (Lipinski definition) is 0. The van der Waals surface area contributed by atoms with Gasteiger partial charge in [0.1, 0.15) is 0 Å². The van der Waals surface area contributed by atoms with Crippen LogP contribution in [0.15, 0.2) is 146 Å². The molecule has 2 unspecified atom stereocenters. The van der Waals surface area contributed by atoms with Crippen LogP contribution in [0.5, 0.6) is 0 Å². The first kappa shape index (κ1) is 25.0. The van der Waals surface area contributed by atoms with Gasteiger partial charge in [0.15, 0.2) is 0 Å². The largest absolute Gasteiger partial charge is 0.0705 e. The van der Waals surface area contributed by atoms with Crippen LogP contribution in [0, 0.1) is 0 Å². The highest BCUT2D eigenvalue weighted by Gasteiger charge is 2.18. The highest BCUT2D eigenvalue weighted by molar-refractivity contribution is 7.68. The first-order valence-corrected chi connectivity index (χ1v) is 16.8. The van der Waals surface area contributed by atoms with Gasteiger partial charge in [0.2, 0.25) is 0 Å². The average molecular weight is 527 g/mol. The van der Waals surface area contributed by atoms with Crippen molar-refractivity contribution in [2.45, 2.75) is 12.3 Å². The molecule has 0 saturated carbocycles. The Hall–Kier alpha value is -3.30. The quantitative estimate of drug-likeness (QED) is 0.165. The summed E-state index contributed by atoms with van der Waals surface area (Å²) in [6.07, 6.45) is 4.77. The minimum absolute atomic E-state index is 0.297. The summed E-state index contributed by atoms with van der Waals surface area (Å²) in [5.74, 6) is 0. The lowest BCUT2D eigenvalue weighted by Crippen LogP contribution is -2.11. The zero-order valence-corrected chi connectivity index (χ0v) is 23.4. The third-order valence-electron chi connectivity index (χ3n) is 7.26. The Morgan fingerprint density at radius 3 is 1.13 bits per heavy atom. The molecule has 6 rings (SSSR count). The monoisotopic (exact) mass is 526 g/mol. The molecule has 0 aliphatic heterocycles. The van der Waals surface area contributed by atoms with E-state index in [1.54, 1.807) is 0 Å². The van der Waals surface area contributed by atoms with Crippen LogP contribution < -0.4 is 10.6 Å². The zero-order chi connectivity index (χ0) is 25.6. The summed E-state index contributed by atoms with van der Waals surface area (Å²) in [7, 11) is -0.594. The molecule has 0 aromatic heterocycles. The molecule has 2 atom stereocenters. The molecule has 0 N–H and O–H groups in total. The van der Waals surface area contributed by atoms with E-state index >= 15 is 0 Å². The highest BCUT2D eigenvalue weighted by atomic mass is 31.1. The summed E-state index contributed by atoms with van der Waals surface area (Å²) in [5, 5.41) is 8.37. The normalized spacial score (nSPS) is 12.9. The molecule has 0 bridgehead atoms. The number of rotatable bonds is 9. The van der Waals surface area contributed by atoms with Crippen molar-refractivity contribution in [1.82, 2.24) is 0 Å². The van der Waals surface area contributed by atoms with Gasteiger partial charge in [-0.2, -0.15) is 0 Å². The van der Waals surface area contributed by atoms with Crippen LogP contribution in [0.1, 0.15) is 11.1 Å². The molecular formula is C36H32P2. The molecular weight excluding hydrogens is 494 g/mol. The SMILES string of the molecule is c1ccc(P(CCP(Cc2ccc3ccccc3c2)c2ccccc2)Cc2ccc3ccccc3c2)cc1. The van der Waals surface area contributed by atoms with E-state index in [0.29, 0.717) is 0 Å². The van der Waals surface area contributed by atoms with Crippen LogP contribution in [0.4, 0.5) is 0 Å². The summed E-state index contributed by atoms with van der Waals surface area (Å²) >= 11 is 0. The van der Waals surface area contributed by atoms with Crippen LogP contribution in [-0.4, -0.2) is 12.3 Å². The van der Waals surface area contributed by atoms with Crippen LogP contribution in [0.3, 0.4) is 0 Å². The van der Waals surface area contributed by atoms with Crippen molar-refractivity contribution in [2.75, 3.05) is 12.3 Å². The molecule has 0 nitrogen and oxygen atoms in total. The molecule has 0 spiro atoms. The second-order valence-electron chi connectivity index (χ2n) is 9.88. The van der Waals surface area contributed by atoms with E-state index in [1.165, 1.54) is 55.6 Å². The van der Waals surface area contributed by atoms with E-state index < -0.39 is 0 Å². The second-order valence-corrected chi connectivity index (χ2v) is 14.6. The Labute approximate surface area is 228 Å². The lowest BCUT2D eigenvalue weighted by molar-refractivity contribution is 1.35. The van der Waals surface area contributed by atoms with Crippen LogP contribution in [0.25, 0.3) is 21.5 Å². The fraction of sp³-hybridized carbons (Fsp3) is 0.111. The molecule has 38 heavy (non-hydrogen) atoms. The van der Waals surface area contributed by atoms with Crippen molar-refractivity contribution in [3.63, 3.8) is 0 Å². The molecule has 0 fully saturated rings. The molecule has 0 heterocycles. The Balaban J connectivity index is 1.26. The molecule has 2 heteroatoms. The van der Waals surface area contributed by atoms with Gasteiger partial charge in [0.05, 0.1) is 0 Å². The van der Waals surface area contributed by atoms with E-state index in [-0.39, 0.29) is 15.8 Å². The van der Waals surface area contributed by atoms with Crippen LogP contribution in [-0.2, 0) is 12.3 Å². The Morgan fingerprint density at radius 2 is 0.711 bits per heavy atom. The summed E-state index contributed by atoms with van der Waals surface area (Å²) in [6, 6.07) is 54.0. The van der Waals surface area contributed by atoms with Gasteiger partial charge in [-0.1, -0.05) is 161 Å². The smallest absolute Gasteiger partial charge is 0.00325 e. The third-order valence-corrected chi connectivity index (χ3v) is 12.7. The van der Waals surface area contributed by atoms with Crippen LogP contribution >= 0.6 is 15.8 Å². The summed E-state index contributed by atoms with van der Waals surface area (Å²) in [4.78, 5) is 0. The minimum atomic E-state index is -0.297. The molecule has 6 aromatic rings. The van der Waals surface area contributed by atoms with Gasteiger partial charge in [-0.15, -0.1) is 0 Å². The predicted molar refractivity (Wildman–Crippen MR) is 171 cm³/mol. The summed E-state index contributed by atoms with van der Waals surface area (Å²) in [6.45, 7) is 0. The Morgan fingerprint density at radius 1 is 0.342 bits per heavy atom. The Kier molecular flexibility index (Phi) is 7.92. The maximum Gasteiger partial charge on any atom is -0.00325 e. The molecule has 6 aromatic carbocycles. The second kappa shape index (κ2) is 12.0. The first-order chi connectivity index (χ1) is 18.8. The zero-order valence-electron chi connectivity index (χ0n) is 21.6. The molecule has 0 radical (unpaired) electrons. The summed E-state index contributed by atoms with van der Waals surface area (Å²) < 4.78 is 0. The molecule has 186 valence electrons. The molecule has 0 aliphatic rings. The van der Waals surface area contributed by atoms with Crippen molar-refractivity contribution in [1.29, 1.82) is 0 Å². The fourth-order valence-corrected chi connectivity index (χ4v) is 10.8. The standard InChI is InChI=1S/C36H32P2/c1-3-15-35(16-4-1)37(27-29-19-21-31-11-7-9-13-33(31)25-29)23-24-38(36-17-5-2-6-18-36)28-30-20-22-32-12-8-10-14-34(32)26-30/h1-22,25-26H,23-24,27-28H2. The molecule has 0 saturated heterocycles. The first-order valence-electron chi connectivity index (χ1n) is 13.4. The Bertz CT molecular complexity index is 1500. The van der Waals surface area contributed by atoms with Gasteiger partial charge >= 0.3 is 0 Å². The van der Waals surface area contributed by atoms with E-state index in [0.717, 1.165) is 12.3 Å². The van der Waals surface area contributed by atoms with Gasteiger partial charge < -0.3 is 0 Å². The van der Waals surface area contributed by atoms with Gasteiger partial charge in [-0.05, 0) is 67.9 Å². The van der Waals surface area contributed by atoms with E-state index in [1.807, 2.05) is 0 Å². The van der Waals surface area contributed by atoms with Crippen LogP contribution in [0.2, 0.25) is 0 Å². The molecule has 0 amide bonds. The van der Waals surface area contributed by atoms with Gasteiger partial charge in [-0.25, -0.2) is 0 Å². The van der Waals surface area contributed by atoms with E-state index in [9.17, 15) is 0 Å². The maximum atomic E-state index is 2.41. The topological polar surface area (TPSA) is 0 Å². The number of hydrogen-bond acceptors (Lipinski definition) is 0. The van der Waals surface area contributed by atoms with Gasteiger partial charge in [0.25, 0.3) is 0 Å². The van der Waals surface area contributed by atoms with Crippen molar-refractivity contribution >= 4 is 48.0 Å². The van der Waals surface area contributed by atoms with Gasteiger partial charge in [0, 0.05) is 0 Å². The highest BCUT2D eigenvalue weighted by Crippen LogP contribution is 2.46. The molecule has 0 aliphatic carbocycles. The maximum absolute atomic E-state index is 2.41.